The van der Waals surface area contributed by atoms with E-state index in [-0.39, 0.29) is 10.3 Å². The maximum absolute atomic E-state index is 12.3. The molecule has 0 saturated carbocycles. The predicted octanol–water partition coefficient (Wildman–Crippen LogP) is 2.61. The Hall–Kier alpha value is -1.18. The molecule has 2 aromatic rings. The minimum absolute atomic E-state index is 0.138. The maximum Gasteiger partial charge on any atom is 0.245 e. The van der Waals surface area contributed by atoms with Crippen molar-refractivity contribution in [2.24, 2.45) is 0 Å². The molecule has 0 saturated heterocycles. The molecule has 0 radical (unpaired) electrons. The maximum atomic E-state index is 12.3. The zero-order valence-corrected chi connectivity index (χ0v) is 13.6. The molecule has 0 bridgehead atoms. The summed E-state index contributed by atoms with van der Waals surface area (Å²) >= 11 is 1.62. The minimum atomic E-state index is -3.60. The van der Waals surface area contributed by atoms with E-state index in [0.29, 0.717) is 18.0 Å². The summed E-state index contributed by atoms with van der Waals surface area (Å²) in [6, 6.07) is 3.97. The number of hydrogen-bond donors (Lipinski definition) is 1. The van der Waals surface area contributed by atoms with Gasteiger partial charge in [0.2, 0.25) is 10.0 Å². The SMILES string of the molecule is Cc1noc(C)c1S(=O)(=O)NCC(C)(C)c1cccs1. The van der Waals surface area contributed by atoms with Crippen LogP contribution in [0.3, 0.4) is 0 Å². The Balaban J connectivity index is 2.19. The van der Waals surface area contributed by atoms with Crippen LogP contribution in [-0.4, -0.2) is 20.1 Å². The first-order valence-corrected chi connectivity index (χ1v) is 8.57. The summed E-state index contributed by atoms with van der Waals surface area (Å²) in [6.45, 7) is 7.55. The average Bonchev–Trinajstić information content (AvgIpc) is 2.98. The first kappa shape index (κ1) is 15.2. The number of aromatic nitrogens is 1. The first-order chi connectivity index (χ1) is 9.24. The Bertz CT molecular complexity index is 666. The lowest BCUT2D eigenvalue weighted by molar-refractivity contribution is 0.390. The summed E-state index contributed by atoms with van der Waals surface area (Å²) in [5.74, 6) is 0.309. The van der Waals surface area contributed by atoms with Crippen molar-refractivity contribution in [3.05, 3.63) is 33.8 Å². The van der Waals surface area contributed by atoms with Gasteiger partial charge in [0.05, 0.1) is 0 Å². The lowest BCUT2D eigenvalue weighted by Crippen LogP contribution is -2.36. The normalized spacial score (nSPS) is 12.8. The monoisotopic (exact) mass is 314 g/mol. The van der Waals surface area contributed by atoms with Crippen molar-refractivity contribution in [1.82, 2.24) is 9.88 Å². The highest BCUT2D eigenvalue weighted by Gasteiger charge is 2.28. The van der Waals surface area contributed by atoms with Crippen molar-refractivity contribution >= 4 is 21.4 Å². The molecule has 2 heterocycles. The third-order valence-electron chi connectivity index (χ3n) is 3.13. The number of aryl methyl sites for hydroxylation is 2. The molecule has 20 heavy (non-hydrogen) atoms. The highest BCUT2D eigenvalue weighted by molar-refractivity contribution is 7.89. The smallest absolute Gasteiger partial charge is 0.245 e. The predicted molar refractivity (Wildman–Crippen MR) is 78.5 cm³/mol. The highest BCUT2D eigenvalue weighted by atomic mass is 32.2. The van der Waals surface area contributed by atoms with Gasteiger partial charge in [0.1, 0.15) is 10.6 Å². The largest absolute Gasteiger partial charge is 0.360 e. The molecule has 0 aromatic carbocycles. The van der Waals surface area contributed by atoms with Crippen molar-refractivity contribution in [3.63, 3.8) is 0 Å². The fraction of sp³-hybridized carbons (Fsp3) is 0.462. The molecule has 0 aliphatic heterocycles. The van der Waals surface area contributed by atoms with Crippen LogP contribution in [0.1, 0.15) is 30.2 Å². The standard InChI is InChI=1S/C13H18N2O3S2/c1-9-12(10(2)18-15-9)20(16,17)14-8-13(3,4)11-6-5-7-19-11/h5-7,14H,8H2,1-4H3. The number of hydrogen-bond acceptors (Lipinski definition) is 5. The molecule has 7 heteroatoms. The Kier molecular flexibility index (Phi) is 4.04. The number of nitrogens with zero attached hydrogens (tertiary/aromatic N) is 1. The summed E-state index contributed by atoms with van der Waals surface area (Å²) in [7, 11) is -3.60. The summed E-state index contributed by atoms with van der Waals surface area (Å²) in [6.07, 6.45) is 0. The van der Waals surface area contributed by atoms with Crippen LogP contribution in [0, 0.1) is 13.8 Å². The van der Waals surface area contributed by atoms with Gasteiger partial charge in [0.15, 0.2) is 5.76 Å². The molecule has 0 amide bonds. The third kappa shape index (κ3) is 2.94. The highest BCUT2D eigenvalue weighted by Crippen LogP contribution is 2.27. The Morgan fingerprint density at radius 2 is 2.10 bits per heavy atom. The van der Waals surface area contributed by atoms with Crippen molar-refractivity contribution in [3.8, 4) is 0 Å². The van der Waals surface area contributed by atoms with Crippen LogP contribution in [0.25, 0.3) is 0 Å². The van der Waals surface area contributed by atoms with E-state index in [0.717, 1.165) is 4.88 Å². The molecule has 5 nitrogen and oxygen atoms in total. The number of rotatable bonds is 5. The van der Waals surface area contributed by atoms with Crippen molar-refractivity contribution in [1.29, 1.82) is 0 Å². The van der Waals surface area contributed by atoms with E-state index < -0.39 is 10.0 Å². The van der Waals surface area contributed by atoms with E-state index in [2.05, 4.69) is 9.88 Å². The van der Waals surface area contributed by atoms with Gasteiger partial charge < -0.3 is 4.52 Å². The molecule has 0 fully saturated rings. The van der Waals surface area contributed by atoms with E-state index in [9.17, 15) is 8.42 Å². The van der Waals surface area contributed by atoms with Crippen LogP contribution < -0.4 is 4.72 Å². The van der Waals surface area contributed by atoms with Crippen LogP contribution >= 0.6 is 11.3 Å². The Morgan fingerprint density at radius 1 is 1.40 bits per heavy atom. The molecule has 0 spiro atoms. The molecule has 0 unspecified atom stereocenters. The number of nitrogens with one attached hydrogen (secondary N) is 1. The molecule has 1 N–H and O–H groups in total. The topological polar surface area (TPSA) is 72.2 Å². The summed E-state index contributed by atoms with van der Waals surface area (Å²) in [5, 5.41) is 5.67. The van der Waals surface area contributed by atoms with Gasteiger partial charge in [-0.25, -0.2) is 13.1 Å². The number of sulfonamides is 1. The second kappa shape index (κ2) is 5.31. The summed E-state index contributed by atoms with van der Waals surface area (Å²) in [5.41, 5.74) is 0.115. The summed E-state index contributed by atoms with van der Waals surface area (Å²) < 4.78 is 32.3. The first-order valence-electron chi connectivity index (χ1n) is 6.20. The van der Waals surface area contributed by atoms with E-state index in [1.165, 1.54) is 0 Å². The molecular weight excluding hydrogens is 296 g/mol. The number of thiophene rings is 1. The van der Waals surface area contributed by atoms with Crippen LogP contribution in [0.4, 0.5) is 0 Å². The molecule has 0 aliphatic rings. The molecule has 0 atom stereocenters. The zero-order chi connectivity index (χ0) is 15.0. The van der Waals surface area contributed by atoms with E-state index in [1.807, 2.05) is 31.4 Å². The van der Waals surface area contributed by atoms with E-state index in [4.69, 9.17) is 4.52 Å². The average molecular weight is 314 g/mol. The van der Waals surface area contributed by atoms with Gasteiger partial charge in [-0.15, -0.1) is 11.3 Å². The lowest BCUT2D eigenvalue weighted by atomic mass is 9.92. The molecule has 2 rings (SSSR count). The van der Waals surface area contributed by atoms with Crippen LogP contribution in [0.2, 0.25) is 0 Å². The zero-order valence-electron chi connectivity index (χ0n) is 11.9. The molecular formula is C13H18N2O3S2. The van der Waals surface area contributed by atoms with Gasteiger partial charge in [-0.3, -0.25) is 0 Å². The van der Waals surface area contributed by atoms with E-state index in [1.54, 1.807) is 25.2 Å². The Morgan fingerprint density at radius 3 is 2.60 bits per heavy atom. The van der Waals surface area contributed by atoms with Crippen molar-refractivity contribution in [2.75, 3.05) is 6.54 Å². The van der Waals surface area contributed by atoms with Crippen LogP contribution in [-0.2, 0) is 15.4 Å². The summed E-state index contributed by atoms with van der Waals surface area (Å²) in [4.78, 5) is 1.28. The van der Waals surface area contributed by atoms with Gasteiger partial charge in [-0.1, -0.05) is 25.1 Å². The molecule has 2 aromatic heterocycles. The fourth-order valence-corrected chi connectivity index (χ4v) is 4.35. The van der Waals surface area contributed by atoms with Gasteiger partial charge in [-0.05, 0) is 25.3 Å². The van der Waals surface area contributed by atoms with Gasteiger partial charge in [0, 0.05) is 16.8 Å². The molecule has 0 aliphatic carbocycles. The van der Waals surface area contributed by atoms with E-state index >= 15 is 0 Å². The van der Waals surface area contributed by atoms with Crippen molar-refractivity contribution < 1.29 is 12.9 Å². The van der Waals surface area contributed by atoms with Crippen molar-refractivity contribution in [2.45, 2.75) is 38.0 Å². The minimum Gasteiger partial charge on any atom is -0.360 e. The van der Waals surface area contributed by atoms with Gasteiger partial charge in [-0.2, -0.15) is 0 Å². The Labute approximate surface area is 123 Å². The second-order valence-electron chi connectivity index (χ2n) is 5.34. The van der Waals surface area contributed by atoms with Gasteiger partial charge in [0.25, 0.3) is 0 Å². The van der Waals surface area contributed by atoms with Gasteiger partial charge >= 0.3 is 0 Å². The van der Waals surface area contributed by atoms with Crippen LogP contribution in [0.5, 0.6) is 0 Å². The fourth-order valence-electron chi connectivity index (χ4n) is 1.96. The molecule has 110 valence electrons. The lowest BCUT2D eigenvalue weighted by Gasteiger charge is -2.23. The van der Waals surface area contributed by atoms with Crippen LogP contribution in [0.15, 0.2) is 26.9 Å². The quantitative estimate of drug-likeness (QED) is 0.921. The second-order valence-corrected chi connectivity index (χ2v) is 7.99. The third-order valence-corrected chi connectivity index (χ3v) is 6.01.